The predicted molar refractivity (Wildman–Crippen MR) is 55.7 cm³/mol. The smallest absolute Gasteiger partial charge is 0.150 e. The van der Waals surface area contributed by atoms with Crippen LogP contribution in [-0.2, 0) is 9.84 Å². The van der Waals surface area contributed by atoms with E-state index in [4.69, 9.17) is 5.73 Å². The van der Waals surface area contributed by atoms with Gasteiger partial charge in [0.2, 0.25) is 0 Å². The monoisotopic (exact) mass is 221 g/mol. The quantitative estimate of drug-likeness (QED) is 0.698. The van der Waals surface area contributed by atoms with Crippen LogP contribution in [-0.4, -0.2) is 37.7 Å². The Labute approximate surface area is 85.4 Å². The van der Waals surface area contributed by atoms with Crippen LogP contribution < -0.4 is 5.73 Å². The van der Waals surface area contributed by atoms with Crippen LogP contribution in [0.25, 0.3) is 0 Å². The molecule has 14 heavy (non-hydrogen) atoms. The number of sulfone groups is 1. The number of hydrogen-bond acceptors (Lipinski definition) is 4. The standard InChI is InChI=1S/C9H19NO3S/c1-14(12,13)8-4-2-3-7(5-8)9(11)6-10/h7-9,11H,2-6,10H2,1H3. The second-order valence-electron chi connectivity index (χ2n) is 4.18. The van der Waals surface area contributed by atoms with Gasteiger partial charge in [-0.25, -0.2) is 8.42 Å². The molecule has 1 aliphatic carbocycles. The molecule has 0 heterocycles. The van der Waals surface area contributed by atoms with Gasteiger partial charge in [0.1, 0.15) is 9.84 Å². The Morgan fingerprint density at radius 1 is 1.50 bits per heavy atom. The maximum atomic E-state index is 11.3. The number of rotatable bonds is 3. The Bertz CT molecular complexity index is 276. The van der Waals surface area contributed by atoms with Crippen LogP contribution in [0.4, 0.5) is 0 Å². The first-order valence-corrected chi connectivity index (χ1v) is 6.97. The van der Waals surface area contributed by atoms with Crippen molar-refractivity contribution in [2.75, 3.05) is 12.8 Å². The van der Waals surface area contributed by atoms with Gasteiger partial charge in [-0.3, -0.25) is 0 Å². The Balaban J connectivity index is 2.61. The summed E-state index contributed by atoms with van der Waals surface area (Å²) in [6, 6.07) is 0. The second kappa shape index (κ2) is 4.59. The maximum Gasteiger partial charge on any atom is 0.150 e. The van der Waals surface area contributed by atoms with E-state index in [2.05, 4.69) is 0 Å². The molecule has 3 atom stereocenters. The molecule has 0 bridgehead atoms. The zero-order valence-corrected chi connectivity index (χ0v) is 9.33. The lowest BCUT2D eigenvalue weighted by Gasteiger charge is -2.30. The van der Waals surface area contributed by atoms with Crippen molar-refractivity contribution in [3.05, 3.63) is 0 Å². The van der Waals surface area contributed by atoms with E-state index in [0.29, 0.717) is 6.42 Å². The van der Waals surface area contributed by atoms with Gasteiger partial charge in [0.05, 0.1) is 11.4 Å². The number of hydrogen-bond donors (Lipinski definition) is 2. The van der Waals surface area contributed by atoms with E-state index in [1.54, 1.807) is 0 Å². The fraction of sp³-hybridized carbons (Fsp3) is 1.00. The molecule has 1 rings (SSSR count). The van der Waals surface area contributed by atoms with Gasteiger partial charge in [0.15, 0.2) is 0 Å². The number of aliphatic hydroxyl groups is 1. The van der Waals surface area contributed by atoms with Crippen LogP contribution in [0, 0.1) is 5.92 Å². The third-order valence-corrected chi connectivity index (χ3v) is 4.70. The van der Waals surface area contributed by atoms with E-state index in [9.17, 15) is 13.5 Å². The molecule has 84 valence electrons. The molecule has 0 aromatic rings. The predicted octanol–water partition coefficient (Wildman–Crippen LogP) is -0.0906. The summed E-state index contributed by atoms with van der Waals surface area (Å²) in [6.45, 7) is 0.223. The third-order valence-electron chi connectivity index (χ3n) is 3.06. The van der Waals surface area contributed by atoms with Crippen LogP contribution in [0.3, 0.4) is 0 Å². The Morgan fingerprint density at radius 2 is 2.14 bits per heavy atom. The zero-order chi connectivity index (χ0) is 10.8. The highest BCUT2D eigenvalue weighted by atomic mass is 32.2. The summed E-state index contributed by atoms with van der Waals surface area (Å²) in [7, 11) is -2.95. The Kier molecular flexibility index (Phi) is 3.92. The molecule has 1 fully saturated rings. The summed E-state index contributed by atoms with van der Waals surface area (Å²) in [5.41, 5.74) is 5.36. The maximum absolute atomic E-state index is 11.3. The second-order valence-corrected chi connectivity index (χ2v) is 6.51. The molecule has 3 unspecified atom stereocenters. The molecule has 4 nitrogen and oxygen atoms in total. The van der Waals surface area contributed by atoms with Gasteiger partial charge in [-0.1, -0.05) is 6.42 Å². The largest absolute Gasteiger partial charge is 0.392 e. The Hall–Kier alpha value is -0.130. The molecule has 0 aliphatic heterocycles. The lowest BCUT2D eigenvalue weighted by molar-refractivity contribution is 0.0929. The van der Waals surface area contributed by atoms with Gasteiger partial charge in [0, 0.05) is 12.8 Å². The van der Waals surface area contributed by atoms with Gasteiger partial charge in [-0.15, -0.1) is 0 Å². The van der Waals surface area contributed by atoms with Gasteiger partial charge in [0.25, 0.3) is 0 Å². The molecule has 0 amide bonds. The molecule has 0 radical (unpaired) electrons. The van der Waals surface area contributed by atoms with E-state index in [0.717, 1.165) is 19.3 Å². The van der Waals surface area contributed by atoms with Crippen LogP contribution in [0.15, 0.2) is 0 Å². The third kappa shape index (κ3) is 2.93. The summed E-state index contributed by atoms with van der Waals surface area (Å²) in [4.78, 5) is 0. The van der Waals surface area contributed by atoms with Crippen molar-refractivity contribution in [2.45, 2.75) is 37.0 Å². The van der Waals surface area contributed by atoms with Crippen molar-refractivity contribution in [3.63, 3.8) is 0 Å². The lowest BCUT2D eigenvalue weighted by atomic mass is 9.85. The molecule has 0 aromatic heterocycles. The SMILES string of the molecule is CS(=O)(=O)C1CCCC(C(O)CN)C1. The van der Waals surface area contributed by atoms with Crippen molar-refractivity contribution in [1.82, 2.24) is 0 Å². The van der Waals surface area contributed by atoms with Crippen LogP contribution in [0.5, 0.6) is 0 Å². The molecule has 0 saturated heterocycles. The first-order chi connectivity index (χ1) is 6.45. The van der Waals surface area contributed by atoms with Crippen molar-refractivity contribution >= 4 is 9.84 Å². The lowest BCUT2D eigenvalue weighted by Crippen LogP contribution is -2.36. The molecule has 1 aliphatic rings. The molecule has 0 spiro atoms. The average molecular weight is 221 g/mol. The van der Waals surface area contributed by atoms with E-state index in [1.807, 2.05) is 0 Å². The summed E-state index contributed by atoms with van der Waals surface area (Å²) >= 11 is 0. The van der Waals surface area contributed by atoms with Crippen LogP contribution in [0.1, 0.15) is 25.7 Å². The Morgan fingerprint density at radius 3 is 2.64 bits per heavy atom. The van der Waals surface area contributed by atoms with E-state index in [1.165, 1.54) is 6.26 Å². The highest BCUT2D eigenvalue weighted by Crippen LogP contribution is 2.30. The van der Waals surface area contributed by atoms with E-state index in [-0.39, 0.29) is 17.7 Å². The fourth-order valence-electron chi connectivity index (χ4n) is 2.11. The molecular weight excluding hydrogens is 202 g/mol. The number of aliphatic hydroxyl groups excluding tert-OH is 1. The summed E-state index contributed by atoms with van der Waals surface area (Å²) < 4.78 is 22.7. The highest BCUT2D eigenvalue weighted by molar-refractivity contribution is 7.91. The minimum absolute atomic E-state index is 0.0634. The van der Waals surface area contributed by atoms with Crippen molar-refractivity contribution in [2.24, 2.45) is 11.7 Å². The minimum Gasteiger partial charge on any atom is -0.392 e. The van der Waals surface area contributed by atoms with Gasteiger partial charge in [-0.2, -0.15) is 0 Å². The first-order valence-electron chi connectivity index (χ1n) is 5.02. The van der Waals surface area contributed by atoms with Crippen molar-refractivity contribution in [1.29, 1.82) is 0 Å². The molecule has 1 saturated carbocycles. The van der Waals surface area contributed by atoms with Crippen molar-refractivity contribution < 1.29 is 13.5 Å². The van der Waals surface area contributed by atoms with Gasteiger partial charge in [-0.05, 0) is 25.2 Å². The van der Waals surface area contributed by atoms with Crippen molar-refractivity contribution in [3.8, 4) is 0 Å². The summed E-state index contributed by atoms with van der Waals surface area (Å²) in [5, 5.41) is 9.27. The topological polar surface area (TPSA) is 80.4 Å². The zero-order valence-electron chi connectivity index (χ0n) is 8.52. The van der Waals surface area contributed by atoms with E-state index < -0.39 is 15.9 Å². The number of nitrogens with two attached hydrogens (primary N) is 1. The minimum atomic E-state index is -2.95. The normalized spacial score (nSPS) is 31.4. The van der Waals surface area contributed by atoms with Crippen LogP contribution in [0.2, 0.25) is 0 Å². The molecule has 0 aromatic carbocycles. The fourth-order valence-corrected chi connectivity index (χ4v) is 3.30. The molecule has 5 heteroatoms. The summed E-state index contributed by atoms with van der Waals surface area (Å²) in [6.07, 6.45) is 3.79. The average Bonchev–Trinajstić information content (AvgIpc) is 2.15. The molecular formula is C9H19NO3S. The first kappa shape index (κ1) is 11.9. The highest BCUT2D eigenvalue weighted by Gasteiger charge is 2.31. The summed E-state index contributed by atoms with van der Waals surface area (Å²) in [5.74, 6) is 0.0634. The van der Waals surface area contributed by atoms with Gasteiger partial charge < -0.3 is 10.8 Å². The van der Waals surface area contributed by atoms with E-state index >= 15 is 0 Å². The van der Waals surface area contributed by atoms with Gasteiger partial charge >= 0.3 is 0 Å². The molecule has 3 N–H and O–H groups in total. The van der Waals surface area contributed by atoms with Crippen LogP contribution >= 0.6 is 0 Å².